The van der Waals surface area contributed by atoms with Gasteiger partial charge in [0.2, 0.25) is 11.6 Å². The number of aromatic nitrogens is 4. The summed E-state index contributed by atoms with van der Waals surface area (Å²) in [7, 11) is 0. The van der Waals surface area contributed by atoms with Crippen molar-refractivity contribution in [3.05, 3.63) is 112 Å². The maximum Gasteiger partial charge on any atom is 0.263 e. The highest BCUT2D eigenvalue weighted by Gasteiger charge is 2.20. The molecule has 36 heavy (non-hydrogen) atoms. The predicted octanol–water partition coefficient (Wildman–Crippen LogP) is 5.46. The van der Waals surface area contributed by atoms with Gasteiger partial charge in [0, 0.05) is 35.0 Å². The van der Waals surface area contributed by atoms with Gasteiger partial charge in [0.1, 0.15) is 5.82 Å². The summed E-state index contributed by atoms with van der Waals surface area (Å²) in [5.41, 5.74) is 9.93. The summed E-state index contributed by atoms with van der Waals surface area (Å²) >= 11 is 0. The molecule has 8 nitrogen and oxygen atoms in total. The molecule has 3 N–H and O–H groups in total. The second kappa shape index (κ2) is 9.31. The Hall–Kier alpha value is -5.03. The van der Waals surface area contributed by atoms with Gasteiger partial charge < -0.3 is 11.1 Å². The second-order valence-electron chi connectivity index (χ2n) is 8.44. The molecule has 1 atom stereocenters. The molecule has 0 amide bonds. The van der Waals surface area contributed by atoms with Gasteiger partial charge in [-0.3, -0.25) is 14.3 Å². The molecular weight excluding hydrogens is 450 g/mol. The topological polar surface area (TPSA) is 103 Å². The number of aryl methyl sites for hydroxylation is 1. The van der Waals surface area contributed by atoms with Crippen LogP contribution in [0.2, 0.25) is 0 Å². The smallest absolute Gasteiger partial charge is 0.263 e. The van der Waals surface area contributed by atoms with E-state index in [1.165, 1.54) is 6.20 Å². The van der Waals surface area contributed by atoms with E-state index in [4.69, 9.17) is 12.3 Å². The number of hydrogen-bond donors (Lipinski definition) is 2. The van der Waals surface area contributed by atoms with E-state index in [0.29, 0.717) is 16.9 Å². The first-order valence-electron chi connectivity index (χ1n) is 11.4. The number of nitrogens with one attached hydrogen (secondary N) is 1. The zero-order chi connectivity index (χ0) is 25.2. The average molecular weight is 474 g/mol. The highest BCUT2D eigenvalue weighted by Crippen LogP contribution is 2.31. The number of rotatable bonds is 5. The molecule has 0 saturated carbocycles. The number of nitrogens with zero attached hydrogens (tertiary/aromatic N) is 5. The number of fused-ring (bicyclic) bond motifs is 1. The first-order valence-corrected chi connectivity index (χ1v) is 11.4. The molecule has 0 aliphatic carbocycles. The number of anilines is 2. The van der Waals surface area contributed by atoms with Gasteiger partial charge in [-0.25, -0.2) is 14.8 Å². The Morgan fingerprint density at radius 3 is 2.56 bits per heavy atom. The Labute approximate surface area is 207 Å². The van der Waals surface area contributed by atoms with Crippen LogP contribution in [0, 0.1) is 13.5 Å². The second-order valence-corrected chi connectivity index (χ2v) is 8.44. The van der Waals surface area contributed by atoms with Crippen molar-refractivity contribution in [2.24, 2.45) is 0 Å². The first-order chi connectivity index (χ1) is 17.5. The highest BCUT2D eigenvalue weighted by molar-refractivity contribution is 5.96. The van der Waals surface area contributed by atoms with Crippen molar-refractivity contribution in [2.75, 3.05) is 11.1 Å². The largest absolute Gasteiger partial charge is 0.371 e. The van der Waals surface area contributed by atoms with Crippen LogP contribution in [-0.2, 0) is 0 Å². The molecule has 0 aliphatic rings. The van der Waals surface area contributed by atoms with Crippen molar-refractivity contribution in [3.63, 3.8) is 0 Å². The highest BCUT2D eigenvalue weighted by atomic mass is 16.1. The van der Waals surface area contributed by atoms with Gasteiger partial charge in [0.15, 0.2) is 0 Å². The first kappa shape index (κ1) is 22.7. The number of benzene rings is 2. The number of nitrogens with two attached hydrogens (primary N) is 1. The van der Waals surface area contributed by atoms with Crippen LogP contribution >= 0.6 is 0 Å². The van der Waals surface area contributed by atoms with Crippen LogP contribution in [0.4, 0.5) is 17.5 Å². The lowest BCUT2D eigenvalue weighted by Gasteiger charge is -2.22. The van der Waals surface area contributed by atoms with Gasteiger partial charge in [0.05, 0.1) is 18.0 Å². The lowest BCUT2D eigenvalue weighted by atomic mass is 9.98. The van der Waals surface area contributed by atoms with Gasteiger partial charge in [-0.15, -0.1) is 0 Å². The average Bonchev–Trinajstić information content (AvgIpc) is 2.89. The van der Waals surface area contributed by atoms with Crippen LogP contribution < -0.4 is 16.6 Å². The lowest BCUT2D eigenvalue weighted by Crippen LogP contribution is -2.26. The molecule has 0 radical (unpaired) electrons. The Balaban J connectivity index is 1.74. The SMILES string of the molecule is [C-]#[N+]c1cnc(N)nc1N[C@@H](C)c1cc2cccc(-c3ccc(C)nc3)c2c(=O)n1-c1ccccc1. The Morgan fingerprint density at radius 2 is 1.83 bits per heavy atom. The molecule has 8 heteroatoms. The number of para-hydroxylation sites is 1. The monoisotopic (exact) mass is 473 g/mol. The molecule has 3 aromatic heterocycles. The quantitative estimate of drug-likeness (QED) is 0.329. The van der Waals surface area contributed by atoms with E-state index in [2.05, 4.69) is 25.1 Å². The van der Waals surface area contributed by atoms with Crippen molar-refractivity contribution < 1.29 is 0 Å². The summed E-state index contributed by atoms with van der Waals surface area (Å²) in [6.45, 7) is 11.3. The van der Waals surface area contributed by atoms with E-state index in [-0.39, 0.29) is 23.2 Å². The van der Waals surface area contributed by atoms with Crippen LogP contribution in [0.25, 0.3) is 32.4 Å². The zero-order valence-electron chi connectivity index (χ0n) is 19.8. The van der Waals surface area contributed by atoms with Gasteiger partial charge in [-0.1, -0.05) is 42.5 Å². The maximum atomic E-state index is 14.2. The third-order valence-corrected chi connectivity index (χ3v) is 6.02. The fourth-order valence-electron chi connectivity index (χ4n) is 4.27. The lowest BCUT2D eigenvalue weighted by molar-refractivity contribution is 0.774. The van der Waals surface area contributed by atoms with E-state index in [1.807, 2.05) is 80.6 Å². The minimum Gasteiger partial charge on any atom is -0.371 e. The number of nitrogen functional groups attached to an aromatic ring is 1. The van der Waals surface area contributed by atoms with Crippen LogP contribution in [-0.4, -0.2) is 19.5 Å². The minimum absolute atomic E-state index is 0.0624. The number of hydrogen-bond acceptors (Lipinski definition) is 6. The molecule has 5 rings (SSSR count). The van der Waals surface area contributed by atoms with E-state index in [0.717, 1.165) is 27.9 Å². The molecule has 2 aromatic carbocycles. The fraction of sp³-hybridized carbons (Fsp3) is 0.107. The normalized spacial score (nSPS) is 11.7. The van der Waals surface area contributed by atoms with Crippen LogP contribution in [0.15, 0.2) is 83.9 Å². The summed E-state index contributed by atoms with van der Waals surface area (Å²) < 4.78 is 1.70. The number of pyridine rings is 2. The van der Waals surface area contributed by atoms with Crippen LogP contribution in [0.1, 0.15) is 24.4 Å². The van der Waals surface area contributed by atoms with Gasteiger partial charge in [-0.2, -0.15) is 0 Å². The molecule has 0 saturated heterocycles. The molecule has 0 aliphatic heterocycles. The Morgan fingerprint density at radius 1 is 1.03 bits per heavy atom. The molecule has 0 unspecified atom stereocenters. The molecule has 0 spiro atoms. The molecule has 0 fully saturated rings. The van der Waals surface area contributed by atoms with Crippen LogP contribution in [0.3, 0.4) is 0 Å². The van der Waals surface area contributed by atoms with Gasteiger partial charge in [-0.05, 0) is 49.1 Å². The molecule has 5 aromatic rings. The van der Waals surface area contributed by atoms with Crippen molar-refractivity contribution in [2.45, 2.75) is 19.9 Å². The van der Waals surface area contributed by atoms with Crippen molar-refractivity contribution in [1.29, 1.82) is 0 Å². The standard InChI is InChI=1S/C28H23N7O/c1-17-12-13-20(15-31-17)22-11-7-8-19-14-24(18(2)33-26-23(30-3)16-32-28(29)34-26)35(27(36)25(19)22)21-9-5-4-6-10-21/h4-16,18H,1-2H3,(H3,29,32,33,34)/t18-/m0/s1. The van der Waals surface area contributed by atoms with E-state index < -0.39 is 0 Å². The van der Waals surface area contributed by atoms with Crippen LogP contribution in [0.5, 0.6) is 0 Å². The molecular formula is C28H23N7O. The minimum atomic E-state index is -0.387. The summed E-state index contributed by atoms with van der Waals surface area (Å²) in [4.78, 5) is 30.2. The predicted molar refractivity (Wildman–Crippen MR) is 142 cm³/mol. The Kier molecular flexibility index (Phi) is 5.88. The maximum absolute atomic E-state index is 14.2. The van der Waals surface area contributed by atoms with E-state index >= 15 is 0 Å². The van der Waals surface area contributed by atoms with Crippen molar-refractivity contribution in [3.8, 4) is 16.8 Å². The summed E-state index contributed by atoms with van der Waals surface area (Å²) in [5, 5.41) is 4.67. The zero-order valence-corrected chi connectivity index (χ0v) is 19.8. The van der Waals surface area contributed by atoms with E-state index in [1.54, 1.807) is 10.8 Å². The van der Waals surface area contributed by atoms with Crippen molar-refractivity contribution in [1.82, 2.24) is 19.5 Å². The third-order valence-electron chi connectivity index (χ3n) is 6.02. The third kappa shape index (κ3) is 4.14. The van der Waals surface area contributed by atoms with Gasteiger partial charge in [0.25, 0.3) is 5.56 Å². The summed E-state index contributed by atoms with van der Waals surface area (Å²) in [5.74, 6) is 0.379. The summed E-state index contributed by atoms with van der Waals surface area (Å²) in [6, 6.07) is 20.8. The van der Waals surface area contributed by atoms with E-state index in [9.17, 15) is 4.79 Å². The molecule has 176 valence electrons. The molecule has 3 heterocycles. The van der Waals surface area contributed by atoms with Crippen molar-refractivity contribution >= 4 is 28.2 Å². The van der Waals surface area contributed by atoms with Gasteiger partial charge >= 0.3 is 0 Å². The summed E-state index contributed by atoms with van der Waals surface area (Å²) in [6.07, 6.45) is 3.18. The fourth-order valence-corrected chi connectivity index (χ4v) is 4.27. The Bertz CT molecular complexity index is 1670. The molecule has 0 bridgehead atoms.